The van der Waals surface area contributed by atoms with Crippen molar-refractivity contribution in [3.63, 3.8) is 0 Å². The Morgan fingerprint density at radius 3 is 2.00 bits per heavy atom. The van der Waals surface area contributed by atoms with Crippen LogP contribution in [0.4, 0.5) is 0 Å². The minimum atomic E-state index is 0.917. The van der Waals surface area contributed by atoms with Crippen LogP contribution in [0, 0.1) is 12.3 Å². The largest absolute Gasteiger partial charge is 0.400 e. The van der Waals surface area contributed by atoms with Crippen molar-refractivity contribution < 1.29 is 5.11 Å². The quantitative estimate of drug-likeness (QED) is 0.488. The van der Waals surface area contributed by atoms with Gasteiger partial charge in [0.1, 0.15) is 0 Å². The normalized spacial score (nSPS) is 5.43. The summed E-state index contributed by atoms with van der Waals surface area (Å²) in [4.78, 5) is 0. The predicted octanol–water partition coefficient (Wildman–Crippen LogP) is 1.03. The van der Waals surface area contributed by atoms with Crippen molar-refractivity contribution >= 4 is 0 Å². The second-order valence-corrected chi connectivity index (χ2v) is 0.954. The lowest BCUT2D eigenvalue weighted by Gasteiger charge is -1.69. The van der Waals surface area contributed by atoms with E-state index >= 15 is 0 Å². The molecular weight excluding hydrogens is 88.1 g/mol. The predicted molar refractivity (Wildman–Crippen MR) is 31.9 cm³/mol. The molecule has 7 heavy (non-hydrogen) atoms. The molecule has 0 bridgehead atoms. The number of aliphatic hydroxyl groups is 1. The van der Waals surface area contributed by atoms with Gasteiger partial charge in [0.25, 0.3) is 0 Å². The van der Waals surface area contributed by atoms with Gasteiger partial charge in [0, 0.05) is 13.5 Å². The highest BCUT2D eigenvalue weighted by Gasteiger charge is 1.61. The second-order valence-electron chi connectivity index (χ2n) is 0.954. The number of rotatable bonds is 1. The van der Waals surface area contributed by atoms with Gasteiger partial charge in [-0.15, -0.1) is 12.3 Å². The summed E-state index contributed by atoms with van der Waals surface area (Å²) in [6.45, 7) is 2.07. The first-order valence-corrected chi connectivity index (χ1v) is 2.30. The molecule has 0 aliphatic rings. The van der Waals surface area contributed by atoms with Gasteiger partial charge in [0.05, 0.1) is 0 Å². The molecule has 0 saturated carbocycles. The van der Waals surface area contributed by atoms with Crippen LogP contribution in [0.25, 0.3) is 0 Å². The highest BCUT2D eigenvalue weighted by atomic mass is 16.2. The van der Waals surface area contributed by atoms with Crippen molar-refractivity contribution in [2.75, 3.05) is 7.11 Å². The van der Waals surface area contributed by atoms with Gasteiger partial charge in [0.15, 0.2) is 0 Å². The van der Waals surface area contributed by atoms with Crippen molar-refractivity contribution in [1.82, 2.24) is 0 Å². The topological polar surface area (TPSA) is 20.2 Å². The summed E-state index contributed by atoms with van der Waals surface area (Å²) in [5, 5.41) is 7.00. The van der Waals surface area contributed by atoms with E-state index in [-0.39, 0.29) is 0 Å². The summed E-state index contributed by atoms with van der Waals surface area (Å²) in [6, 6.07) is 0. The van der Waals surface area contributed by atoms with E-state index in [4.69, 9.17) is 11.5 Å². The molecule has 0 unspecified atom stereocenters. The fourth-order valence-corrected chi connectivity index (χ4v) is 0.144. The highest BCUT2D eigenvalue weighted by molar-refractivity contribution is 4.81. The number of aliphatic hydroxyl groups excluding tert-OH is 1. The Balaban J connectivity index is 0. The summed E-state index contributed by atoms with van der Waals surface area (Å²) in [5.41, 5.74) is 0. The van der Waals surface area contributed by atoms with Crippen LogP contribution in [-0.2, 0) is 0 Å². The van der Waals surface area contributed by atoms with E-state index in [2.05, 4.69) is 12.8 Å². The van der Waals surface area contributed by atoms with Gasteiger partial charge in [-0.1, -0.05) is 6.92 Å². The Labute approximate surface area is 45.4 Å². The van der Waals surface area contributed by atoms with Crippen molar-refractivity contribution in [3.8, 4) is 12.3 Å². The smallest absolute Gasteiger partial charge is 0.0319 e. The average Bonchev–Trinajstić information content (AvgIpc) is 1.75. The Morgan fingerprint density at radius 1 is 1.57 bits per heavy atom. The van der Waals surface area contributed by atoms with E-state index in [0.717, 1.165) is 20.0 Å². The van der Waals surface area contributed by atoms with E-state index in [9.17, 15) is 0 Å². The third-order valence-corrected chi connectivity index (χ3v) is 0.394. The van der Waals surface area contributed by atoms with Gasteiger partial charge in [0.2, 0.25) is 0 Å². The molecule has 1 nitrogen and oxygen atoms in total. The zero-order chi connectivity index (χ0) is 6.12. The molecule has 0 aromatic rings. The number of terminal acetylenes is 1. The van der Waals surface area contributed by atoms with Gasteiger partial charge < -0.3 is 5.11 Å². The average molecular weight is 100 g/mol. The van der Waals surface area contributed by atoms with Gasteiger partial charge >= 0.3 is 0 Å². The minimum Gasteiger partial charge on any atom is -0.400 e. The maximum atomic E-state index is 7.00. The molecular formula is C6H12O. The fourth-order valence-electron chi connectivity index (χ4n) is 0.144. The van der Waals surface area contributed by atoms with Crippen molar-refractivity contribution in [2.45, 2.75) is 19.8 Å². The molecule has 0 aromatic heterocycles. The summed E-state index contributed by atoms with van der Waals surface area (Å²) in [7, 11) is 1.00. The fraction of sp³-hybridized carbons (Fsp3) is 0.667. The SMILES string of the molecule is C#CCCC.CO. The molecule has 0 fully saturated rings. The molecule has 0 aliphatic heterocycles. The van der Waals surface area contributed by atoms with Crippen molar-refractivity contribution in [3.05, 3.63) is 0 Å². The third kappa shape index (κ3) is 29.6. The van der Waals surface area contributed by atoms with Crippen molar-refractivity contribution in [2.24, 2.45) is 0 Å². The molecule has 0 rings (SSSR count). The summed E-state index contributed by atoms with van der Waals surface area (Å²) < 4.78 is 0. The Bertz CT molecular complexity index is 42.6. The monoisotopic (exact) mass is 100 g/mol. The van der Waals surface area contributed by atoms with Crippen LogP contribution >= 0.6 is 0 Å². The molecule has 0 saturated heterocycles. The number of hydrogen-bond acceptors (Lipinski definition) is 1. The Hall–Kier alpha value is -0.480. The lowest BCUT2D eigenvalue weighted by Crippen LogP contribution is -1.53. The first-order chi connectivity index (χ1) is 3.41. The standard InChI is InChI=1S/C5H8.CH4O/c1-3-5-4-2;1-2/h1H,4-5H2,2H3;2H,1H3. The van der Waals surface area contributed by atoms with E-state index in [1.807, 2.05) is 0 Å². The first-order valence-electron chi connectivity index (χ1n) is 2.30. The molecule has 1 N–H and O–H groups in total. The Morgan fingerprint density at radius 2 is 2.00 bits per heavy atom. The van der Waals surface area contributed by atoms with Gasteiger partial charge in [-0.2, -0.15) is 0 Å². The van der Waals surface area contributed by atoms with Crippen LogP contribution in [-0.4, -0.2) is 12.2 Å². The third-order valence-electron chi connectivity index (χ3n) is 0.394. The van der Waals surface area contributed by atoms with Crippen LogP contribution in [0.5, 0.6) is 0 Å². The zero-order valence-electron chi connectivity index (χ0n) is 4.94. The van der Waals surface area contributed by atoms with Crippen LogP contribution < -0.4 is 0 Å². The maximum Gasteiger partial charge on any atom is 0.0319 e. The molecule has 42 valence electrons. The molecule has 1 heteroatoms. The van der Waals surface area contributed by atoms with E-state index in [0.29, 0.717) is 0 Å². The maximum absolute atomic E-state index is 7.00. The number of unbranched alkanes of at least 4 members (excludes halogenated alkanes) is 1. The molecule has 0 aliphatic carbocycles. The van der Waals surface area contributed by atoms with Crippen molar-refractivity contribution in [1.29, 1.82) is 0 Å². The molecule has 0 amide bonds. The summed E-state index contributed by atoms with van der Waals surface area (Å²) in [6.07, 6.45) is 6.91. The highest BCUT2D eigenvalue weighted by Crippen LogP contribution is 1.77. The van der Waals surface area contributed by atoms with Gasteiger partial charge in [-0.25, -0.2) is 0 Å². The van der Waals surface area contributed by atoms with Crippen LogP contribution in [0.15, 0.2) is 0 Å². The molecule has 0 atom stereocenters. The molecule has 0 aromatic carbocycles. The number of hydrogen-bond donors (Lipinski definition) is 1. The minimum absolute atomic E-state index is 0.917. The lowest BCUT2D eigenvalue weighted by molar-refractivity contribution is 0.399. The molecule has 0 radical (unpaired) electrons. The second kappa shape index (κ2) is 17.8. The van der Waals surface area contributed by atoms with Gasteiger partial charge in [-0.05, 0) is 6.42 Å². The van der Waals surface area contributed by atoms with Crippen LogP contribution in [0.3, 0.4) is 0 Å². The summed E-state index contributed by atoms with van der Waals surface area (Å²) in [5.74, 6) is 2.52. The van der Waals surface area contributed by atoms with E-state index in [1.165, 1.54) is 0 Å². The first kappa shape index (κ1) is 9.72. The molecule has 0 spiro atoms. The Kier molecular flexibility index (Phi) is 24.7. The van der Waals surface area contributed by atoms with E-state index < -0.39 is 0 Å². The van der Waals surface area contributed by atoms with Crippen LogP contribution in [0.1, 0.15) is 19.8 Å². The lowest BCUT2D eigenvalue weighted by atomic mass is 10.4. The van der Waals surface area contributed by atoms with E-state index in [1.54, 1.807) is 0 Å². The van der Waals surface area contributed by atoms with Crippen LogP contribution in [0.2, 0.25) is 0 Å². The summed E-state index contributed by atoms with van der Waals surface area (Å²) >= 11 is 0. The molecule has 0 heterocycles. The zero-order valence-corrected chi connectivity index (χ0v) is 4.94. The van der Waals surface area contributed by atoms with Gasteiger partial charge in [-0.3, -0.25) is 0 Å².